The van der Waals surface area contributed by atoms with Crippen LogP contribution in [0.3, 0.4) is 0 Å². The summed E-state index contributed by atoms with van der Waals surface area (Å²) in [5, 5.41) is 0. The van der Waals surface area contributed by atoms with Crippen molar-refractivity contribution < 1.29 is 31.1 Å². The quantitative estimate of drug-likeness (QED) is 0.465. The van der Waals surface area contributed by atoms with E-state index in [9.17, 15) is 17.1 Å². The van der Waals surface area contributed by atoms with Crippen LogP contribution in [0.15, 0.2) is 17.0 Å². The summed E-state index contributed by atoms with van der Waals surface area (Å²) >= 11 is 0. The van der Waals surface area contributed by atoms with Crippen LogP contribution < -0.4 is 5.46 Å². The molecule has 1 aromatic carbocycles. The van der Waals surface area contributed by atoms with Gasteiger partial charge in [-0.15, -0.1) is 3.89 Å². The molecule has 1 aromatic rings. The highest BCUT2D eigenvalue weighted by Crippen LogP contribution is 2.37. The molecule has 0 radical (unpaired) electrons. The average molecular weight is 358 g/mol. The fraction of sp³-hybridized carbons (Fsp3) is 0.533. The standard InChI is InChI=1S/C15H20BFO6S/c1-9-11(13(18)21-6)7-10(24(17,19)20)8-12(9)16-22-14(2,3)15(4,5)23-16/h7-8H,1-6H3. The lowest BCUT2D eigenvalue weighted by Gasteiger charge is -2.32. The Labute approximate surface area is 141 Å². The molecule has 0 aliphatic carbocycles. The van der Waals surface area contributed by atoms with E-state index in [1.807, 2.05) is 27.7 Å². The van der Waals surface area contributed by atoms with Crippen LogP contribution in [0.1, 0.15) is 43.6 Å². The summed E-state index contributed by atoms with van der Waals surface area (Å²) in [5.74, 6) is -0.768. The van der Waals surface area contributed by atoms with E-state index in [1.54, 1.807) is 6.92 Å². The summed E-state index contributed by atoms with van der Waals surface area (Å²) in [4.78, 5) is 11.3. The van der Waals surface area contributed by atoms with Gasteiger partial charge in [-0.1, -0.05) is 0 Å². The van der Waals surface area contributed by atoms with Crippen LogP contribution >= 0.6 is 0 Å². The van der Waals surface area contributed by atoms with E-state index in [-0.39, 0.29) is 11.0 Å². The zero-order valence-electron chi connectivity index (χ0n) is 14.5. The van der Waals surface area contributed by atoms with E-state index in [2.05, 4.69) is 4.74 Å². The third-order valence-electron chi connectivity index (χ3n) is 4.62. The smallest absolute Gasteiger partial charge is 0.465 e. The van der Waals surface area contributed by atoms with Gasteiger partial charge in [-0.25, -0.2) is 4.79 Å². The second kappa shape index (κ2) is 5.82. The van der Waals surface area contributed by atoms with Crippen molar-refractivity contribution in [2.45, 2.75) is 50.7 Å². The first-order valence-electron chi connectivity index (χ1n) is 7.33. The molecule has 0 spiro atoms. The normalized spacial score (nSPS) is 19.4. The number of carbonyl (C=O) groups excluding carboxylic acids is 1. The Morgan fingerprint density at radius 3 is 2.08 bits per heavy atom. The van der Waals surface area contributed by atoms with E-state index in [0.29, 0.717) is 5.56 Å². The van der Waals surface area contributed by atoms with Crippen LogP contribution in [0.25, 0.3) is 0 Å². The van der Waals surface area contributed by atoms with Crippen molar-refractivity contribution in [3.05, 3.63) is 23.3 Å². The monoisotopic (exact) mass is 358 g/mol. The summed E-state index contributed by atoms with van der Waals surface area (Å²) in [6, 6.07) is 2.07. The lowest BCUT2D eigenvalue weighted by Crippen LogP contribution is -2.41. The van der Waals surface area contributed by atoms with Crippen LogP contribution in [0.2, 0.25) is 0 Å². The maximum Gasteiger partial charge on any atom is 0.495 e. The third kappa shape index (κ3) is 3.20. The number of hydrogen-bond donors (Lipinski definition) is 0. The molecule has 0 atom stereocenters. The SMILES string of the molecule is COC(=O)c1cc(S(=O)(=O)F)cc(B2OC(C)(C)C(C)(C)O2)c1C. The number of methoxy groups -OCH3 is 1. The van der Waals surface area contributed by atoms with Crippen molar-refractivity contribution >= 4 is 28.8 Å². The molecular formula is C15H20BFO6S. The molecule has 1 fully saturated rings. The average Bonchev–Trinajstić information content (AvgIpc) is 2.65. The van der Waals surface area contributed by atoms with Crippen molar-refractivity contribution in [2.75, 3.05) is 7.11 Å². The molecule has 24 heavy (non-hydrogen) atoms. The van der Waals surface area contributed by atoms with Gasteiger partial charge in [-0.2, -0.15) is 8.42 Å². The van der Waals surface area contributed by atoms with Crippen LogP contribution in [0.4, 0.5) is 3.89 Å². The number of esters is 1. The van der Waals surface area contributed by atoms with Crippen LogP contribution in [0, 0.1) is 6.92 Å². The first-order chi connectivity index (χ1) is 10.8. The Bertz CT molecular complexity index is 771. The van der Waals surface area contributed by atoms with Crippen molar-refractivity contribution in [1.82, 2.24) is 0 Å². The Morgan fingerprint density at radius 2 is 1.67 bits per heavy atom. The van der Waals surface area contributed by atoms with E-state index < -0.39 is 39.4 Å². The van der Waals surface area contributed by atoms with Gasteiger partial charge in [0.1, 0.15) is 0 Å². The van der Waals surface area contributed by atoms with Crippen LogP contribution in [0.5, 0.6) is 0 Å². The first kappa shape index (κ1) is 18.9. The van der Waals surface area contributed by atoms with E-state index in [1.165, 1.54) is 0 Å². The number of carbonyl (C=O) groups is 1. The molecule has 2 rings (SSSR count). The molecule has 0 aromatic heterocycles. The number of ether oxygens (including phenoxy) is 1. The first-order valence-corrected chi connectivity index (χ1v) is 8.71. The molecule has 1 aliphatic rings. The number of hydrogen-bond acceptors (Lipinski definition) is 6. The van der Waals surface area contributed by atoms with Gasteiger partial charge >= 0.3 is 23.3 Å². The van der Waals surface area contributed by atoms with Crippen molar-refractivity contribution in [2.24, 2.45) is 0 Å². The molecule has 1 heterocycles. The van der Waals surface area contributed by atoms with Gasteiger partial charge in [-0.3, -0.25) is 0 Å². The Hall–Kier alpha value is -1.45. The lowest BCUT2D eigenvalue weighted by atomic mass is 9.75. The molecule has 9 heteroatoms. The van der Waals surface area contributed by atoms with E-state index in [0.717, 1.165) is 19.2 Å². The summed E-state index contributed by atoms with van der Waals surface area (Å²) in [6.07, 6.45) is 0. The number of halogens is 1. The Kier molecular flexibility index (Phi) is 4.58. The molecule has 132 valence electrons. The zero-order chi connectivity index (χ0) is 18.5. The summed E-state index contributed by atoms with van der Waals surface area (Å²) < 4.78 is 52.6. The molecule has 0 amide bonds. The lowest BCUT2D eigenvalue weighted by molar-refractivity contribution is 0.00578. The largest absolute Gasteiger partial charge is 0.495 e. The molecule has 1 saturated heterocycles. The summed E-state index contributed by atoms with van der Waals surface area (Å²) in [6.45, 7) is 8.93. The molecule has 0 N–H and O–H groups in total. The highest BCUT2D eigenvalue weighted by atomic mass is 32.3. The van der Waals surface area contributed by atoms with E-state index >= 15 is 0 Å². The van der Waals surface area contributed by atoms with Gasteiger partial charge in [0.15, 0.2) is 0 Å². The van der Waals surface area contributed by atoms with E-state index in [4.69, 9.17) is 9.31 Å². The van der Waals surface area contributed by atoms with Gasteiger partial charge in [0.25, 0.3) is 0 Å². The second-order valence-corrected chi connectivity index (χ2v) is 8.05. The molecule has 1 aliphatic heterocycles. The van der Waals surface area contributed by atoms with Gasteiger partial charge in [-0.05, 0) is 57.8 Å². The van der Waals surface area contributed by atoms with Crippen molar-refractivity contribution in [1.29, 1.82) is 0 Å². The Morgan fingerprint density at radius 1 is 1.17 bits per heavy atom. The number of rotatable bonds is 3. The fourth-order valence-corrected chi connectivity index (χ4v) is 2.91. The fourth-order valence-electron chi connectivity index (χ4n) is 2.39. The maximum atomic E-state index is 13.5. The van der Waals surface area contributed by atoms with Gasteiger partial charge in [0.2, 0.25) is 0 Å². The molecule has 0 bridgehead atoms. The maximum absolute atomic E-state index is 13.5. The minimum Gasteiger partial charge on any atom is -0.465 e. The van der Waals surface area contributed by atoms with Gasteiger partial charge < -0.3 is 14.0 Å². The summed E-state index contributed by atoms with van der Waals surface area (Å²) in [7, 11) is -4.78. The molecule has 0 saturated carbocycles. The number of benzene rings is 1. The highest BCUT2D eigenvalue weighted by molar-refractivity contribution is 7.86. The predicted molar refractivity (Wildman–Crippen MR) is 86.5 cm³/mol. The molecule has 0 unspecified atom stereocenters. The van der Waals surface area contributed by atoms with Crippen LogP contribution in [-0.2, 0) is 24.3 Å². The zero-order valence-corrected chi connectivity index (χ0v) is 15.3. The van der Waals surface area contributed by atoms with Gasteiger partial charge in [0, 0.05) is 0 Å². The van der Waals surface area contributed by atoms with Crippen molar-refractivity contribution in [3.8, 4) is 0 Å². The molecular weight excluding hydrogens is 338 g/mol. The topological polar surface area (TPSA) is 78.9 Å². The third-order valence-corrected chi connectivity index (χ3v) is 5.41. The molecule has 6 nitrogen and oxygen atoms in total. The minimum absolute atomic E-state index is 0.0547. The van der Waals surface area contributed by atoms with Gasteiger partial charge in [0.05, 0.1) is 28.8 Å². The highest BCUT2D eigenvalue weighted by Gasteiger charge is 2.52. The van der Waals surface area contributed by atoms with Crippen LogP contribution in [-0.4, -0.2) is 39.8 Å². The van der Waals surface area contributed by atoms with Crippen molar-refractivity contribution in [3.63, 3.8) is 0 Å². The Balaban J connectivity index is 2.64. The minimum atomic E-state index is -5.01. The second-order valence-electron chi connectivity index (χ2n) is 6.70. The summed E-state index contributed by atoms with van der Waals surface area (Å²) in [5.41, 5.74) is -0.707. The predicted octanol–water partition coefficient (Wildman–Crippen LogP) is 1.74.